The van der Waals surface area contributed by atoms with Crippen molar-refractivity contribution in [2.45, 2.75) is 63.6 Å². The van der Waals surface area contributed by atoms with E-state index in [2.05, 4.69) is 0 Å². The van der Waals surface area contributed by atoms with E-state index in [0.717, 1.165) is 0 Å². The minimum atomic E-state index is -0.614. The monoisotopic (exact) mass is 586 g/mol. The van der Waals surface area contributed by atoms with Crippen LogP contribution in [0.2, 0.25) is 0 Å². The predicted octanol–water partition coefficient (Wildman–Crippen LogP) is 1.01. The van der Waals surface area contributed by atoms with Crippen molar-refractivity contribution in [2.75, 3.05) is 39.5 Å². The fraction of sp³-hybridized carbons (Fsp3) is 0.733. The molecule has 6 unspecified atom stereocenters. The van der Waals surface area contributed by atoms with Gasteiger partial charge < -0.3 is 18.9 Å². The number of hydrogen-bond donors (Lipinski definition) is 0. The third-order valence-electron chi connectivity index (χ3n) is 9.38. The number of unbranched alkanes of at least 4 members (excludes halogenated alkanes) is 4. The fourth-order valence-electron chi connectivity index (χ4n) is 7.07. The van der Waals surface area contributed by atoms with Crippen molar-refractivity contribution in [3.05, 3.63) is 12.2 Å². The first kappa shape index (κ1) is 29.0. The van der Waals surface area contributed by atoms with Crippen LogP contribution >= 0.6 is 0 Å². The summed E-state index contributed by atoms with van der Waals surface area (Å²) in [6.45, 7) is 2.36. The molecule has 6 atom stereocenters. The van der Waals surface area contributed by atoms with Crippen LogP contribution in [0.1, 0.15) is 51.4 Å². The fourth-order valence-corrected chi connectivity index (χ4v) is 7.07. The zero-order valence-corrected chi connectivity index (χ0v) is 23.6. The van der Waals surface area contributed by atoms with Gasteiger partial charge in [-0.05, 0) is 25.7 Å². The first-order chi connectivity index (χ1) is 20.3. The Morgan fingerprint density at radius 2 is 0.976 bits per heavy atom. The normalized spacial score (nSPS) is 33.7. The minimum Gasteiger partial charge on any atom is -0.463 e. The molecule has 3 aliphatic carbocycles. The number of amides is 4. The molecule has 0 N–H and O–H groups in total. The lowest BCUT2D eigenvalue weighted by molar-refractivity contribution is -0.145. The number of allylic oxidation sites excluding steroid dienone is 2. The molecule has 0 spiro atoms. The van der Waals surface area contributed by atoms with Crippen molar-refractivity contribution in [3.63, 3.8) is 0 Å². The molecule has 2 bridgehead atoms. The topological polar surface area (TPSA) is 152 Å². The Morgan fingerprint density at radius 3 is 1.31 bits per heavy atom. The lowest BCUT2D eigenvalue weighted by Crippen LogP contribution is -2.50. The highest BCUT2D eigenvalue weighted by Crippen LogP contribution is 2.57. The Hall–Kier alpha value is -3.12. The summed E-state index contributed by atoms with van der Waals surface area (Å²) in [5.74, 6) is -4.98. The van der Waals surface area contributed by atoms with Crippen LogP contribution < -0.4 is 0 Å². The van der Waals surface area contributed by atoms with Gasteiger partial charge in [0.15, 0.2) is 0 Å². The second kappa shape index (κ2) is 12.2. The SMILES string of the molecule is O=C(CCCCCN1C(=O)C2C3C=CC(C2C1=O)C1C(=O)N(CCCCCC(=O)OCC2CO2)C(=O)C31)OCC1CO1. The maximum Gasteiger partial charge on any atom is 0.305 e. The summed E-state index contributed by atoms with van der Waals surface area (Å²) in [5.41, 5.74) is 0. The summed E-state index contributed by atoms with van der Waals surface area (Å²) in [5, 5.41) is 0. The van der Waals surface area contributed by atoms with Gasteiger partial charge in [-0.1, -0.05) is 25.0 Å². The molecular weight excluding hydrogens is 548 g/mol. The summed E-state index contributed by atoms with van der Waals surface area (Å²) >= 11 is 0. The van der Waals surface area contributed by atoms with Gasteiger partial charge in [-0.25, -0.2) is 0 Å². The highest BCUT2D eigenvalue weighted by atomic mass is 16.6. The quantitative estimate of drug-likeness (QED) is 0.0842. The number of likely N-dealkylation sites (tertiary alicyclic amines) is 2. The molecule has 1 saturated carbocycles. The molecule has 12 heteroatoms. The third kappa shape index (κ3) is 5.88. The first-order valence-electron chi connectivity index (χ1n) is 15.3. The van der Waals surface area contributed by atoms with E-state index in [1.165, 1.54) is 9.80 Å². The molecule has 0 radical (unpaired) electrons. The van der Waals surface area contributed by atoms with Crippen LogP contribution in [0.15, 0.2) is 12.2 Å². The van der Waals surface area contributed by atoms with Crippen molar-refractivity contribution < 1.29 is 47.7 Å². The molecule has 0 aromatic rings. The number of carbonyl (C=O) groups is 6. The van der Waals surface area contributed by atoms with Gasteiger partial charge in [-0.15, -0.1) is 0 Å². The van der Waals surface area contributed by atoms with Crippen LogP contribution in [0.3, 0.4) is 0 Å². The molecule has 42 heavy (non-hydrogen) atoms. The Labute approximate surface area is 244 Å². The van der Waals surface area contributed by atoms with E-state index in [4.69, 9.17) is 18.9 Å². The largest absolute Gasteiger partial charge is 0.463 e. The molecule has 4 amide bonds. The number of hydrogen-bond acceptors (Lipinski definition) is 10. The number of rotatable bonds is 16. The number of ether oxygens (including phenoxy) is 4. The summed E-state index contributed by atoms with van der Waals surface area (Å²) in [7, 11) is 0. The van der Waals surface area contributed by atoms with Gasteiger partial charge in [-0.3, -0.25) is 38.6 Å². The lowest BCUT2D eigenvalue weighted by Gasteiger charge is -2.44. The standard InChI is InChI=1S/C30H38N2O10/c33-21(41-15-17-13-39-17)7-3-1-5-11-31-27(35)23-19-9-10-20(24(23)28(31)36)26-25(19)29(37)32(30(26)38)12-6-2-4-8-22(34)42-16-18-14-40-18/h9-10,17-20,23-26H,1-8,11-16H2. The van der Waals surface area contributed by atoms with E-state index in [9.17, 15) is 28.8 Å². The molecular formula is C30H38N2O10. The smallest absolute Gasteiger partial charge is 0.305 e. The third-order valence-corrected chi connectivity index (χ3v) is 9.38. The van der Waals surface area contributed by atoms with Gasteiger partial charge in [0.25, 0.3) is 0 Å². The van der Waals surface area contributed by atoms with E-state index in [0.29, 0.717) is 51.7 Å². The van der Waals surface area contributed by atoms with E-state index < -0.39 is 35.5 Å². The van der Waals surface area contributed by atoms with Crippen molar-refractivity contribution in [3.8, 4) is 0 Å². The van der Waals surface area contributed by atoms with E-state index in [1.54, 1.807) is 0 Å². The second-order valence-corrected chi connectivity index (χ2v) is 12.2. The predicted molar refractivity (Wildman–Crippen MR) is 142 cm³/mol. The van der Waals surface area contributed by atoms with Crippen molar-refractivity contribution >= 4 is 35.6 Å². The molecule has 4 aliphatic heterocycles. The molecule has 228 valence electrons. The zero-order chi connectivity index (χ0) is 29.4. The Morgan fingerprint density at radius 1 is 0.619 bits per heavy atom. The van der Waals surface area contributed by atoms with E-state index in [-0.39, 0.29) is 86.9 Å². The van der Waals surface area contributed by atoms with Gasteiger partial charge in [-0.2, -0.15) is 0 Å². The maximum absolute atomic E-state index is 13.4. The molecule has 7 rings (SSSR count). The zero-order valence-electron chi connectivity index (χ0n) is 23.6. The van der Waals surface area contributed by atoms with Crippen LogP contribution in [0, 0.1) is 35.5 Å². The average Bonchev–Trinajstić information content (AvgIpc) is 3.92. The second-order valence-electron chi connectivity index (χ2n) is 12.2. The number of imide groups is 2. The lowest BCUT2D eigenvalue weighted by atomic mass is 9.54. The first-order valence-corrected chi connectivity index (χ1v) is 15.3. The van der Waals surface area contributed by atoms with Gasteiger partial charge in [0.05, 0.1) is 36.9 Å². The Kier molecular flexibility index (Phi) is 8.44. The molecule has 0 aromatic carbocycles. The Bertz CT molecular complexity index is 1030. The molecule has 0 aromatic heterocycles. The summed E-state index contributed by atoms with van der Waals surface area (Å²) in [4.78, 5) is 80.0. The van der Waals surface area contributed by atoms with Crippen LogP contribution in [-0.2, 0) is 47.7 Å². The summed E-state index contributed by atoms with van der Waals surface area (Å²) in [6, 6.07) is 0. The molecule has 4 heterocycles. The minimum absolute atomic E-state index is 0.0316. The molecule has 12 nitrogen and oxygen atoms in total. The van der Waals surface area contributed by atoms with Gasteiger partial charge in [0, 0.05) is 37.8 Å². The van der Waals surface area contributed by atoms with Gasteiger partial charge >= 0.3 is 11.9 Å². The summed E-state index contributed by atoms with van der Waals surface area (Å²) < 4.78 is 20.3. The Balaban J connectivity index is 0.968. The molecule has 5 fully saturated rings. The average molecular weight is 587 g/mol. The van der Waals surface area contributed by atoms with Crippen LogP contribution in [0.4, 0.5) is 0 Å². The maximum atomic E-state index is 13.4. The number of carbonyl (C=O) groups excluding carboxylic acids is 6. The van der Waals surface area contributed by atoms with Gasteiger partial charge in [0.1, 0.15) is 25.4 Å². The molecule has 4 saturated heterocycles. The molecule has 7 aliphatic rings. The summed E-state index contributed by atoms with van der Waals surface area (Å²) in [6.07, 6.45) is 8.04. The highest BCUT2D eigenvalue weighted by Gasteiger charge is 2.68. The number of epoxide rings is 2. The van der Waals surface area contributed by atoms with Crippen LogP contribution in [0.5, 0.6) is 0 Å². The van der Waals surface area contributed by atoms with Gasteiger partial charge in [0.2, 0.25) is 23.6 Å². The van der Waals surface area contributed by atoms with E-state index in [1.807, 2.05) is 12.2 Å². The van der Waals surface area contributed by atoms with Crippen LogP contribution in [-0.4, -0.2) is 97.1 Å². The number of esters is 2. The highest BCUT2D eigenvalue weighted by molar-refractivity contribution is 6.10. The van der Waals surface area contributed by atoms with Crippen molar-refractivity contribution in [2.24, 2.45) is 35.5 Å². The van der Waals surface area contributed by atoms with Crippen molar-refractivity contribution in [1.82, 2.24) is 9.80 Å². The number of nitrogens with zero attached hydrogens (tertiary/aromatic N) is 2. The van der Waals surface area contributed by atoms with Crippen LogP contribution in [0.25, 0.3) is 0 Å². The van der Waals surface area contributed by atoms with Crippen molar-refractivity contribution in [1.29, 1.82) is 0 Å². The van der Waals surface area contributed by atoms with E-state index >= 15 is 0 Å².